The summed E-state index contributed by atoms with van der Waals surface area (Å²) >= 11 is 1.68. The highest BCUT2D eigenvalue weighted by molar-refractivity contribution is 7.18. The average Bonchev–Trinajstić information content (AvgIpc) is 2.56. The Bertz CT molecular complexity index is 519. The molecule has 0 aliphatic carbocycles. The Hall–Kier alpha value is -1.42. The number of aryl methyl sites for hydroxylation is 2. The lowest BCUT2D eigenvalue weighted by Gasteiger charge is -1.99. The molecule has 0 aliphatic rings. The molecule has 0 amide bonds. The van der Waals surface area contributed by atoms with E-state index in [-0.39, 0.29) is 6.42 Å². The summed E-state index contributed by atoms with van der Waals surface area (Å²) in [7, 11) is 0. The normalized spacial score (nSPS) is 10.8. The molecule has 0 atom stereocenters. The van der Waals surface area contributed by atoms with E-state index in [4.69, 9.17) is 5.11 Å². The van der Waals surface area contributed by atoms with Gasteiger partial charge in [-0.05, 0) is 37.5 Å². The maximum absolute atomic E-state index is 10.4. The number of hydrogen-bond donors (Lipinski definition) is 1. The molecule has 2 rings (SSSR count). The summed E-state index contributed by atoms with van der Waals surface area (Å²) in [5.74, 6) is -0.727. The number of benzene rings is 1. The highest BCUT2D eigenvalue weighted by Crippen LogP contribution is 2.23. The summed E-state index contributed by atoms with van der Waals surface area (Å²) in [6, 6.07) is 6.15. The second-order valence-corrected chi connectivity index (χ2v) is 5.02. The molecule has 0 saturated carbocycles. The smallest absolute Gasteiger partial charge is 0.303 e. The van der Waals surface area contributed by atoms with Gasteiger partial charge in [-0.3, -0.25) is 4.79 Å². The number of carbonyl (C=O) groups is 1. The van der Waals surface area contributed by atoms with Gasteiger partial charge < -0.3 is 5.11 Å². The number of hydrogen-bond acceptors (Lipinski definition) is 3. The van der Waals surface area contributed by atoms with Crippen LogP contribution >= 0.6 is 11.3 Å². The van der Waals surface area contributed by atoms with Gasteiger partial charge in [0.25, 0.3) is 0 Å². The van der Waals surface area contributed by atoms with E-state index < -0.39 is 5.97 Å². The standard InChI is InChI=1S/C12H13NO2S/c1-8-13-10-6-5-9(7-11(10)16-8)3-2-4-12(14)15/h5-7H,2-4H2,1H3,(H,14,15). The van der Waals surface area contributed by atoms with Crippen molar-refractivity contribution in [2.45, 2.75) is 26.2 Å². The lowest BCUT2D eigenvalue weighted by atomic mass is 10.1. The van der Waals surface area contributed by atoms with Crippen molar-refractivity contribution in [2.75, 3.05) is 0 Å². The van der Waals surface area contributed by atoms with Crippen LogP contribution in [0, 0.1) is 6.92 Å². The molecule has 3 nitrogen and oxygen atoms in total. The fraction of sp³-hybridized carbons (Fsp3) is 0.333. The van der Waals surface area contributed by atoms with E-state index in [0.717, 1.165) is 16.9 Å². The zero-order chi connectivity index (χ0) is 11.5. The zero-order valence-corrected chi connectivity index (χ0v) is 9.88. The minimum atomic E-state index is -0.727. The molecule has 0 aliphatic heterocycles. The monoisotopic (exact) mass is 235 g/mol. The van der Waals surface area contributed by atoms with Crippen LogP contribution in [-0.2, 0) is 11.2 Å². The molecule has 0 saturated heterocycles. The number of aromatic nitrogens is 1. The molecule has 1 aromatic heterocycles. The number of aliphatic carboxylic acids is 1. The molecule has 0 spiro atoms. The minimum absolute atomic E-state index is 0.236. The van der Waals surface area contributed by atoms with Crippen molar-refractivity contribution in [3.8, 4) is 0 Å². The maximum Gasteiger partial charge on any atom is 0.303 e. The summed E-state index contributed by atoms with van der Waals surface area (Å²) in [5, 5.41) is 9.63. The molecule has 0 bridgehead atoms. The number of nitrogens with zero attached hydrogens (tertiary/aromatic N) is 1. The molecule has 1 N–H and O–H groups in total. The maximum atomic E-state index is 10.4. The second-order valence-electron chi connectivity index (χ2n) is 3.78. The summed E-state index contributed by atoms with van der Waals surface area (Å²) in [6.07, 6.45) is 1.75. The highest BCUT2D eigenvalue weighted by Gasteiger charge is 2.02. The Kier molecular flexibility index (Phi) is 3.19. The van der Waals surface area contributed by atoms with Crippen LogP contribution in [0.1, 0.15) is 23.4 Å². The summed E-state index contributed by atoms with van der Waals surface area (Å²) in [4.78, 5) is 14.8. The number of carboxylic acids is 1. The van der Waals surface area contributed by atoms with Gasteiger partial charge in [-0.25, -0.2) is 4.98 Å². The van der Waals surface area contributed by atoms with Gasteiger partial charge in [0.1, 0.15) is 0 Å². The zero-order valence-electron chi connectivity index (χ0n) is 9.06. The van der Waals surface area contributed by atoms with Gasteiger partial charge in [-0.1, -0.05) is 6.07 Å². The Morgan fingerprint density at radius 1 is 1.50 bits per heavy atom. The molecule has 84 valence electrons. The van der Waals surface area contributed by atoms with Crippen LogP contribution in [0.5, 0.6) is 0 Å². The van der Waals surface area contributed by atoms with Crippen LogP contribution < -0.4 is 0 Å². The third kappa shape index (κ3) is 2.58. The second kappa shape index (κ2) is 4.61. The molecular formula is C12H13NO2S. The Morgan fingerprint density at radius 3 is 3.06 bits per heavy atom. The van der Waals surface area contributed by atoms with Gasteiger partial charge >= 0.3 is 5.97 Å². The molecular weight excluding hydrogens is 222 g/mol. The van der Waals surface area contributed by atoms with Crippen LogP contribution in [0.15, 0.2) is 18.2 Å². The SMILES string of the molecule is Cc1nc2ccc(CCCC(=O)O)cc2s1. The topological polar surface area (TPSA) is 50.2 Å². The third-order valence-electron chi connectivity index (χ3n) is 2.42. The molecule has 0 fully saturated rings. The minimum Gasteiger partial charge on any atom is -0.481 e. The van der Waals surface area contributed by atoms with Crippen molar-refractivity contribution >= 4 is 27.5 Å². The lowest BCUT2D eigenvalue weighted by molar-refractivity contribution is -0.137. The van der Waals surface area contributed by atoms with Crippen molar-refractivity contribution < 1.29 is 9.90 Å². The third-order valence-corrected chi connectivity index (χ3v) is 3.35. The number of fused-ring (bicyclic) bond motifs is 1. The van der Waals surface area contributed by atoms with Crippen molar-refractivity contribution in [3.05, 3.63) is 28.8 Å². The lowest BCUT2D eigenvalue weighted by Crippen LogP contribution is -1.95. The van der Waals surface area contributed by atoms with Gasteiger partial charge in [0.05, 0.1) is 15.2 Å². The van der Waals surface area contributed by atoms with E-state index in [1.54, 1.807) is 11.3 Å². The Morgan fingerprint density at radius 2 is 2.31 bits per heavy atom. The first kappa shape index (κ1) is 11.1. The van der Waals surface area contributed by atoms with E-state index >= 15 is 0 Å². The summed E-state index contributed by atoms with van der Waals surface area (Å²) < 4.78 is 1.19. The Labute approximate surface area is 97.8 Å². The fourth-order valence-electron chi connectivity index (χ4n) is 1.68. The van der Waals surface area contributed by atoms with Gasteiger partial charge in [0.2, 0.25) is 0 Å². The van der Waals surface area contributed by atoms with Crippen molar-refractivity contribution in [1.29, 1.82) is 0 Å². The first-order valence-electron chi connectivity index (χ1n) is 5.23. The highest BCUT2D eigenvalue weighted by atomic mass is 32.1. The molecule has 16 heavy (non-hydrogen) atoms. The molecule has 2 aromatic rings. The van der Waals surface area contributed by atoms with E-state index in [2.05, 4.69) is 11.1 Å². The van der Waals surface area contributed by atoms with Crippen LogP contribution in [0.4, 0.5) is 0 Å². The van der Waals surface area contributed by atoms with Crippen LogP contribution in [0.3, 0.4) is 0 Å². The fourth-order valence-corrected chi connectivity index (χ4v) is 2.57. The molecule has 0 unspecified atom stereocenters. The van der Waals surface area contributed by atoms with Gasteiger partial charge in [-0.15, -0.1) is 11.3 Å². The van der Waals surface area contributed by atoms with Crippen molar-refractivity contribution in [1.82, 2.24) is 4.98 Å². The molecule has 1 aromatic carbocycles. The van der Waals surface area contributed by atoms with E-state index in [1.807, 2.05) is 19.1 Å². The number of thiazole rings is 1. The van der Waals surface area contributed by atoms with Gasteiger partial charge in [0, 0.05) is 6.42 Å². The number of carboxylic acid groups (broad SMARTS) is 1. The van der Waals surface area contributed by atoms with Crippen LogP contribution in [-0.4, -0.2) is 16.1 Å². The first-order chi connectivity index (χ1) is 7.65. The molecule has 0 radical (unpaired) electrons. The van der Waals surface area contributed by atoms with E-state index in [1.165, 1.54) is 10.3 Å². The van der Waals surface area contributed by atoms with Crippen LogP contribution in [0.2, 0.25) is 0 Å². The van der Waals surface area contributed by atoms with Crippen LogP contribution in [0.25, 0.3) is 10.2 Å². The van der Waals surface area contributed by atoms with E-state index in [0.29, 0.717) is 6.42 Å². The number of rotatable bonds is 4. The predicted octanol–water partition coefficient (Wildman–Crippen LogP) is 3.01. The Balaban J connectivity index is 2.10. The van der Waals surface area contributed by atoms with E-state index in [9.17, 15) is 4.79 Å². The molecule has 1 heterocycles. The van der Waals surface area contributed by atoms with Gasteiger partial charge in [0.15, 0.2) is 0 Å². The largest absolute Gasteiger partial charge is 0.481 e. The van der Waals surface area contributed by atoms with Crippen molar-refractivity contribution in [2.24, 2.45) is 0 Å². The van der Waals surface area contributed by atoms with Crippen molar-refractivity contribution in [3.63, 3.8) is 0 Å². The molecule has 4 heteroatoms. The summed E-state index contributed by atoms with van der Waals surface area (Å²) in [5.41, 5.74) is 2.22. The summed E-state index contributed by atoms with van der Waals surface area (Å²) in [6.45, 7) is 1.99. The van der Waals surface area contributed by atoms with Gasteiger partial charge in [-0.2, -0.15) is 0 Å². The average molecular weight is 235 g/mol. The first-order valence-corrected chi connectivity index (χ1v) is 6.04. The quantitative estimate of drug-likeness (QED) is 0.886. The predicted molar refractivity (Wildman–Crippen MR) is 64.9 cm³/mol.